The Balaban J connectivity index is 2.30. The van der Waals surface area contributed by atoms with Crippen LogP contribution < -0.4 is 0 Å². The molecular weight excluding hydrogens is 307 g/mol. The summed E-state index contributed by atoms with van der Waals surface area (Å²) < 4.78 is 39.9. The van der Waals surface area contributed by atoms with Crippen molar-refractivity contribution < 1.29 is 13.2 Å². The highest BCUT2D eigenvalue weighted by molar-refractivity contribution is 7.98. The second-order valence-electron chi connectivity index (χ2n) is 6.09. The van der Waals surface area contributed by atoms with Crippen LogP contribution in [0.1, 0.15) is 37.6 Å². The molecule has 0 radical (unpaired) electrons. The van der Waals surface area contributed by atoms with Gasteiger partial charge in [0.05, 0.1) is 5.56 Å². The maximum atomic E-state index is 13.3. The molecule has 22 heavy (non-hydrogen) atoms. The zero-order chi connectivity index (χ0) is 16.4. The summed E-state index contributed by atoms with van der Waals surface area (Å²) in [6.07, 6.45) is -3.03. The van der Waals surface area contributed by atoms with Gasteiger partial charge in [-0.2, -0.15) is 13.2 Å². The SMILES string of the molecule is CC(C)(C)c1cc(C(F)(F)F)c(SCc2ccccc2)cn1. The van der Waals surface area contributed by atoms with Gasteiger partial charge in [-0.15, -0.1) is 11.8 Å². The number of halogens is 3. The molecule has 0 atom stereocenters. The fourth-order valence-electron chi connectivity index (χ4n) is 1.92. The lowest BCUT2D eigenvalue weighted by atomic mass is 9.91. The number of rotatable bonds is 3. The monoisotopic (exact) mass is 325 g/mol. The summed E-state index contributed by atoms with van der Waals surface area (Å²) in [6, 6.07) is 10.6. The van der Waals surface area contributed by atoms with Crippen LogP contribution in [-0.4, -0.2) is 4.98 Å². The van der Waals surface area contributed by atoms with Gasteiger partial charge < -0.3 is 0 Å². The Morgan fingerprint density at radius 3 is 2.23 bits per heavy atom. The highest BCUT2D eigenvalue weighted by Crippen LogP contribution is 2.39. The zero-order valence-corrected chi connectivity index (χ0v) is 13.6. The largest absolute Gasteiger partial charge is 0.417 e. The highest BCUT2D eigenvalue weighted by Gasteiger charge is 2.35. The van der Waals surface area contributed by atoms with Gasteiger partial charge in [0.1, 0.15) is 0 Å². The molecule has 2 aromatic rings. The van der Waals surface area contributed by atoms with Crippen LogP contribution in [0.2, 0.25) is 0 Å². The molecule has 1 aromatic heterocycles. The van der Waals surface area contributed by atoms with Crippen molar-refractivity contribution in [1.82, 2.24) is 4.98 Å². The van der Waals surface area contributed by atoms with Crippen LogP contribution in [0.4, 0.5) is 13.2 Å². The third-order valence-electron chi connectivity index (χ3n) is 3.18. The number of benzene rings is 1. The van der Waals surface area contributed by atoms with Crippen molar-refractivity contribution in [3.63, 3.8) is 0 Å². The Morgan fingerprint density at radius 2 is 1.68 bits per heavy atom. The third kappa shape index (κ3) is 4.26. The summed E-state index contributed by atoms with van der Waals surface area (Å²) in [4.78, 5) is 4.39. The second-order valence-corrected chi connectivity index (χ2v) is 7.10. The molecule has 1 aromatic carbocycles. The number of thioether (sulfide) groups is 1. The third-order valence-corrected chi connectivity index (χ3v) is 4.29. The van der Waals surface area contributed by atoms with E-state index in [-0.39, 0.29) is 4.90 Å². The minimum Gasteiger partial charge on any atom is -0.260 e. The van der Waals surface area contributed by atoms with E-state index in [2.05, 4.69) is 4.98 Å². The lowest BCUT2D eigenvalue weighted by molar-refractivity contribution is -0.139. The van der Waals surface area contributed by atoms with Gasteiger partial charge in [0, 0.05) is 28.0 Å². The standard InChI is InChI=1S/C17H18F3NS/c1-16(2,3)15-9-13(17(18,19)20)14(10-21-15)22-11-12-7-5-4-6-8-12/h4-10H,11H2,1-3H3. The molecule has 0 bridgehead atoms. The van der Waals surface area contributed by atoms with Gasteiger partial charge in [0.15, 0.2) is 0 Å². The first-order valence-electron chi connectivity index (χ1n) is 6.92. The van der Waals surface area contributed by atoms with E-state index in [4.69, 9.17) is 0 Å². The molecule has 0 saturated heterocycles. The molecule has 0 aliphatic carbocycles. The number of nitrogens with zero attached hydrogens (tertiary/aromatic N) is 1. The summed E-state index contributed by atoms with van der Waals surface area (Å²) >= 11 is 1.16. The number of aromatic nitrogens is 1. The van der Waals surface area contributed by atoms with Gasteiger partial charge in [-0.25, -0.2) is 0 Å². The molecule has 118 valence electrons. The number of alkyl halides is 3. The first-order chi connectivity index (χ1) is 10.2. The summed E-state index contributed by atoms with van der Waals surface area (Å²) in [6.45, 7) is 5.56. The van der Waals surface area contributed by atoms with Crippen LogP contribution in [0.15, 0.2) is 47.5 Å². The smallest absolute Gasteiger partial charge is 0.260 e. The first-order valence-corrected chi connectivity index (χ1v) is 7.91. The van der Waals surface area contributed by atoms with E-state index >= 15 is 0 Å². The summed E-state index contributed by atoms with van der Waals surface area (Å²) in [5.41, 5.74) is 0.417. The van der Waals surface area contributed by atoms with Crippen LogP contribution in [-0.2, 0) is 17.3 Å². The summed E-state index contributed by atoms with van der Waals surface area (Å²) in [7, 11) is 0. The van der Waals surface area contributed by atoms with E-state index < -0.39 is 17.2 Å². The van der Waals surface area contributed by atoms with Crippen molar-refractivity contribution in [1.29, 1.82) is 0 Å². The van der Waals surface area contributed by atoms with Crippen LogP contribution in [0.3, 0.4) is 0 Å². The molecule has 1 nitrogen and oxygen atoms in total. The normalized spacial score (nSPS) is 12.5. The zero-order valence-electron chi connectivity index (χ0n) is 12.7. The van der Waals surface area contributed by atoms with Crippen molar-refractivity contribution in [3.05, 3.63) is 59.4 Å². The molecular formula is C17H18F3NS. The molecule has 0 fully saturated rings. The minimum absolute atomic E-state index is 0.171. The molecule has 0 aliphatic heterocycles. The topological polar surface area (TPSA) is 12.9 Å². The van der Waals surface area contributed by atoms with E-state index in [9.17, 15) is 13.2 Å². The van der Waals surface area contributed by atoms with Gasteiger partial charge >= 0.3 is 6.18 Å². The Bertz CT molecular complexity index is 631. The molecule has 0 amide bonds. The maximum absolute atomic E-state index is 13.3. The van der Waals surface area contributed by atoms with Crippen LogP contribution in [0.25, 0.3) is 0 Å². The van der Waals surface area contributed by atoms with E-state index in [1.165, 1.54) is 12.3 Å². The first kappa shape index (κ1) is 16.9. The van der Waals surface area contributed by atoms with Crippen LogP contribution in [0, 0.1) is 0 Å². The number of pyridine rings is 1. The van der Waals surface area contributed by atoms with E-state index in [1.807, 2.05) is 51.1 Å². The minimum atomic E-state index is -4.37. The van der Waals surface area contributed by atoms with Gasteiger partial charge in [-0.3, -0.25) is 4.98 Å². The average Bonchev–Trinajstić information content (AvgIpc) is 2.44. The Morgan fingerprint density at radius 1 is 1.05 bits per heavy atom. The van der Waals surface area contributed by atoms with Crippen molar-refractivity contribution in [2.45, 2.75) is 43.0 Å². The van der Waals surface area contributed by atoms with Gasteiger partial charge in [0.25, 0.3) is 0 Å². The van der Waals surface area contributed by atoms with Gasteiger partial charge in [-0.1, -0.05) is 51.1 Å². The van der Waals surface area contributed by atoms with E-state index in [1.54, 1.807) is 0 Å². The van der Waals surface area contributed by atoms with Crippen LogP contribution in [0.5, 0.6) is 0 Å². The molecule has 0 aliphatic rings. The quantitative estimate of drug-likeness (QED) is 0.672. The van der Waals surface area contributed by atoms with Crippen molar-refractivity contribution in [2.24, 2.45) is 0 Å². The summed E-state index contributed by atoms with van der Waals surface area (Å²) in [5.74, 6) is 0.487. The maximum Gasteiger partial charge on any atom is 0.417 e. The molecule has 0 saturated carbocycles. The molecule has 5 heteroatoms. The molecule has 0 unspecified atom stereocenters. The number of hydrogen-bond donors (Lipinski definition) is 0. The average molecular weight is 325 g/mol. The van der Waals surface area contributed by atoms with Crippen LogP contribution >= 0.6 is 11.8 Å². The fraction of sp³-hybridized carbons (Fsp3) is 0.353. The molecule has 0 spiro atoms. The number of hydrogen-bond acceptors (Lipinski definition) is 2. The van der Waals surface area contributed by atoms with Gasteiger partial charge in [-0.05, 0) is 11.6 Å². The highest BCUT2D eigenvalue weighted by atomic mass is 32.2. The van der Waals surface area contributed by atoms with Crippen molar-refractivity contribution in [2.75, 3.05) is 0 Å². The van der Waals surface area contributed by atoms with Crippen molar-refractivity contribution >= 4 is 11.8 Å². The van der Waals surface area contributed by atoms with Crippen molar-refractivity contribution in [3.8, 4) is 0 Å². The van der Waals surface area contributed by atoms with Gasteiger partial charge in [0.2, 0.25) is 0 Å². The predicted molar refractivity (Wildman–Crippen MR) is 83.9 cm³/mol. The molecule has 0 N–H and O–H groups in total. The Labute approximate surface area is 133 Å². The Kier molecular flexibility index (Phi) is 4.85. The van der Waals surface area contributed by atoms with E-state index in [0.717, 1.165) is 17.3 Å². The second kappa shape index (κ2) is 6.32. The lowest BCUT2D eigenvalue weighted by Gasteiger charge is -2.21. The lowest BCUT2D eigenvalue weighted by Crippen LogP contribution is -2.16. The van der Waals surface area contributed by atoms with E-state index in [0.29, 0.717) is 11.4 Å². The molecule has 2 rings (SSSR count). The predicted octanol–water partition coefficient (Wildman–Crippen LogP) is 5.69. The fourth-order valence-corrected chi connectivity index (χ4v) is 2.90. The molecule has 1 heterocycles. The Hall–Kier alpha value is -1.49. The summed E-state index contributed by atoms with van der Waals surface area (Å²) in [5, 5.41) is 0.